The van der Waals surface area contributed by atoms with Gasteiger partial charge in [0.25, 0.3) is 0 Å². The molecule has 10 aromatic rings. The Bertz CT molecular complexity index is 3410. The molecule has 0 atom stereocenters. The smallest absolute Gasteiger partial charge is 0.122 e. The van der Waals surface area contributed by atoms with Crippen molar-refractivity contribution < 1.29 is 24.5 Å². The van der Waals surface area contributed by atoms with Crippen LogP contribution in [0, 0.1) is 23.5 Å². The molecular weight excluding hydrogens is 997 g/mol. The predicted octanol–water partition coefficient (Wildman–Crippen LogP) is 16.0. The molecule has 0 spiro atoms. The van der Waals surface area contributed by atoms with E-state index in [0.29, 0.717) is 16.7 Å². The van der Waals surface area contributed by atoms with Gasteiger partial charge in [0.15, 0.2) is 0 Å². The van der Waals surface area contributed by atoms with Gasteiger partial charge in [-0.05, 0) is 104 Å². The minimum absolute atomic E-state index is 0. The molecule has 0 saturated carbocycles. The van der Waals surface area contributed by atoms with Crippen molar-refractivity contribution in [1.29, 1.82) is 5.26 Å². The first-order valence-electron chi connectivity index (χ1n) is 22.9. The molecule has 0 aliphatic heterocycles. The van der Waals surface area contributed by atoms with Gasteiger partial charge in [0.05, 0.1) is 34.1 Å². The van der Waals surface area contributed by atoms with Crippen LogP contribution < -0.4 is 0 Å². The van der Waals surface area contributed by atoms with Crippen molar-refractivity contribution in [2.75, 3.05) is 0 Å². The van der Waals surface area contributed by atoms with Crippen molar-refractivity contribution in [3.63, 3.8) is 0 Å². The molecule has 333 valence electrons. The molecule has 3 aromatic heterocycles. The van der Waals surface area contributed by atoms with Crippen molar-refractivity contribution in [2.45, 2.75) is 78.1 Å². The second kappa shape index (κ2) is 17.7. The first-order chi connectivity index (χ1) is 31.9. The SMILES string of the molecule is CC(C)c1cc(-c2ccc(-c3ccccc3)cc2)cc(C(C)C)c1-n1c(-c2[c-]ccc3c2oc2cc(C#N)ccc23)nc2ccccc21.CC1(C)c2ccc[c-]c2-c2ncccc2C1(C)C.[Ir]. The molecular formula is C61H52IrN4O-2. The van der Waals surface area contributed by atoms with Crippen LogP contribution in [0.2, 0.25) is 0 Å². The Hall–Kier alpha value is -6.90. The Morgan fingerprint density at radius 3 is 1.94 bits per heavy atom. The summed E-state index contributed by atoms with van der Waals surface area (Å²) >= 11 is 0. The second-order valence-corrected chi connectivity index (χ2v) is 19.1. The fourth-order valence-corrected chi connectivity index (χ4v) is 9.80. The molecule has 5 nitrogen and oxygen atoms in total. The van der Waals surface area contributed by atoms with E-state index in [1.807, 2.05) is 48.7 Å². The largest absolute Gasteiger partial charge is 0.500 e. The number of rotatable bonds is 6. The van der Waals surface area contributed by atoms with Crippen LogP contribution >= 0.6 is 0 Å². The van der Waals surface area contributed by atoms with E-state index in [0.717, 1.165) is 50.1 Å². The zero-order chi connectivity index (χ0) is 45.9. The van der Waals surface area contributed by atoms with E-state index in [1.165, 1.54) is 44.5 Å². The molecule has 3 heterocycles. The molecule has 1 radical (unpaired) electrons. The average Bonchev–Trinajstić information content (AvgIpc) is 3.92. The summed E-state index contributed by atoms with van der Waals surface area (Å²) in [4.78, 5) is 9.84. The summed E-state index contributed by atoms with van der Waals surface area (Å²) in [5.41, 5.74) is 18.3. The Kier molecular flexibility index (Phi) is 12.0. The van der Waals surface area contributed by atoms with Crippen LogP contribution in [0.3, 0.4) is 0 Å². The molecule has 0 N–H and O–H groups in total. The van der Waals surface area contributed by atoms with Gasteiger partial charge in [0.1, 0.15) is 5.58 Å². The van der Waals surface area contributed by atoms with E-state index in [1.54, 1.807) is 6.07 Å². The van der Waals surface area contributed by atoms with E-state index in [2.05, 4.69) is 186 Å². The Balaban J connectivity index is 0.000000248. The van der Waals surface area contributed by atoms with Gasteiger partial charge in [-0.25, -0.2) is 0 Å². The standard InChI is InChI=1S/C44H34N3O.C17H18N.Ir/c1-27(2)37-24-33(32-20-18-31(19-21-32)30-11-6-5-7-12-30)25-38(28(3)4)42(37)47-40-16-9-8-15-39(40)46-44(47)36-14-10-13-35-34-22-17-29(26-45)23-41(34)48-43(35)36;1-16(2)13-9-6-5-8-12(13)15-14(17(16,3)4)10-7-11-18-15;/h5-13,15-25,27-28H,1-4H3;5-7,9-11H,1-4H3;/q2*-1;. The summed E-state index contributed by atoms with van der Waals surface area (Å²) in [5.74, 6) is 1.26. The molecule has 11 rings (SSSR count). The van der Waals surface area contributed by atoms with Gasteiger partial charge >= 0.3 is 0 Å². The number of fused-ring (bicyclic) bond motifs is 7. The van der Waals surface area contributed by atoms with E-state index in [4.69, 9.17) is 9.40 Å². The molecule has 0 fully saturated rings. The molecule has 0 amide bonds. The maximum atomic E-state index is 9.53. The summed E-state index contributed by atoms with van der Waals surface area (Å²) in [5, 5.41) is 11.5. The van der Waals surface area contributed by atoms with Crippen molar-refractivity contribution in [3.05, 3.63) is 198 Å². The molecule has 1 aliphatic rings. The minimum atomic E-state index is 0. The van der Waals surface area contributed by atoms with Gasteiger partial charge in [-0.3, -0.25) is 4.98 Å². The molecule has 67 heavy (non-hydrogen) atoms. The van der Waals surface area contributed by atoms with Crippen LogP contribution in [-0.2, 0) is 30.9 Å². The zero-order valence-electron chi connectivity index (χ0n) is 39.2. The van der Waals surface area contributed by atoms with Crippen molar-refractivity contribution in [2.24, 2.45) is 0 Å². The number of nitrogens with zero attached hydrogens (tertiary/aromatic N) is 4. The average molecular weight is 1050 g/mol. The number of hydrogen-bond acceptors (Lipinski definition) is 4. The van der Waals surface area contributed by atoms with E-state index < -0.39 is 0 Å². The third kappa shape index (κ3) is 7.71. The summed E-state index contributed by atoms with van der Waals surface area (Å²) in [6.45, 7) is 18.3. The minimum Gasteiger partial charge on any atom is -0.500 e. The van der Waals surface area contributed by atoms with Crippen molar-refractivity contribution in [1.82, 2.24) is 14.5 Å². The van der Waals surface area contributed by atoms with E-state index in [-0.39, 0.29) is 42.8 Å². The Morgan fingerprint density at radius 1 is 0.612 bits per heavy atom. The third-order valence-electron chi connectivity index (χ3n) is 14.1. The summed E-state index contributed by atoms with van der Waals surface area (Å²) in [7, 11) is 0. The van der Waals surface area contributed by atoms with Crippen molar-refractivity contribution >= 4 is 33.0 Å². The molecule has 0 saturated heterocycles. The van der Waals surface area contributed by atoms with Gasteiger partial charge < -0.3 is 14.0 Å². The first-order valence-corrected chi connectivity index (χ1v) is 22.9. The maximum Gasteiger partial charge on any atom is 0.122 e. The third-order valence-corrected chi connectivity index (χ3v) is 14.1. The summed E-state index contributed by atoms with van der Waals surface area (Å²) < 4.78 is 8.83. The number of nitriles is 1. The molecule has 6 heteroatoms. The number of para-hydroxylation sites is 2. The zero-order valence-corrected chi connectivity index (χ0v) is 41.6. The summed E-state index contributed by atoms with van der Waals surface area (Å²) in [6, 6.07) is 61.6. The summed E-state index contributed by atoms with van der Waals surface area (Å²) in [6.07, 6.45) is 1.87. The molecule has 7 aromatic carbocycles. The Labute approximate surface area is 407 Å². The van der Waals surface area contributed by atoms with Crippen LogP contribution in [0.25, 0.3) is 83.6 Å². The predicted molar refractivity (Wildman–Crippen MR) is 271 cm³/mol. The number of furan rings is 1. The molecule has 0 bridgehead atoms. The topological polar surface area (TPSA) is 67.6 Å². The van der Waals surface area contributed by atoms with Crippen LogP contribution in [0.15, 0.2) is 162 Å². The molecule has 0 unspecified atom stereocenters. The van der Waals surface area contributed by atoms with E-state index >= 15 is 0 Å². The van der Waals surface area contributed by atoms with Gasteiger partial charge in [-0.1, -0.05) is 151 Å². The number of benzene rings is 7. The van der Waals surface area contributed by atoms with E-state index in [9.17, 15) is 5.26 Å². The van der Waals surface area contributed by atoms with Gasteiger partial charge in [0, 0.05) is 37.4 Å². The number of hydrogen-bond donors (Lipinski definition) is 0. The fraction of sp³-hybridized carbons (Fsp3) is 0.197. The van der Waals surface area contributed by atoms with Crippen LogP contribution in [0.5, 0.6) is 0 Å². The quantitative estimate of drug-likeness (QED) is 0.156. The number of pyridine rings is 1. The maximum absolute atomic E-state index is 9.53. The van der Waals surface area contributed by atoms with Crippen LogP contribution in [0.4, 0.5) is 0 Å². The Morgan fingerprint density at radius 2 is 1.24 bits per heavy atom. The molecule has 1 aliphatic carbocycles. The van der Waals surface area contributed by atoms with Gasteiger partial charge in [0.2, 0.25) is 0 Å². The second-order valence-electron chi connectivity index (χ2n) is 19.1. The monoisotopic (exact) mass is 1050 g/mol. The van der Waals surface area contributed by atoms with Crippen LogP contribution in [-0.4, -0.2) is 14.5 Å². The normalized spacial score (nSPS) is 13.4. The number of aromatic nitrogens is 3. The fourth-order valence-electron chi connectivity index (χ4n) is 9.80. The number of imidazole rings is 1. The van der Waals surface area contributed by atoms with Gasteiger partial charge in [-0.15, -0.1) is 53.6 Å². The van der Waals surface area contributed by atoms with Crippen molar-refractivity contribution in [3.8, 4) is 56.7 Å². The van der Waals surface area contributed by atoms with Gasteiger partial charge in [-0.2, -0.15) is 5.26 Å². The first kappa shape index (κ1) is 45.3. The van der Waals surface area contributed by atoms with Crippen LogP contribution in [0.1, 0.15) is 95.0 Å².